The third kappa shape index (κ3) is 5.49. The van der Waals surface area contributed by atoms with Gasteiger partial charge in [0.25, 0.3) is 5.91 Å². The van der Waals surface area contributed by atoms with Gasteiger partial charge in [-0.1, -0.05) is 53.7 Å². The predicted molar refractivity (Wildman–Crippen MR) is 124 cm³/mol. The van der Waals surface area contributed by atoms with E-state index in [0.717, 1.165) is 27.2 Å². The number of methoxy groups -OCH3 is 1. The molecule has 2 aromatic carbocycles. The van der Waals surface area contributed by atoms with E-state index in [9.17, 15) is 14.4 Å². The molecule has 1 aliphatic rings. The van der Waals surface area contributed by atoms with Gasteiger partial charge < -0.3 is 29.3 Å². The number of carboxylic acid groups (broad SMARTS) is 1. The molecule has 0 aliphatic heterocycles. The quantitative estimate of drug-likeness (QED) is 0.454. The fraction of sp³-hybridized carbons (Fsp3) is 0.280. The number of amides is 2. The number of aromatic nitrogens is 1. The summed E-state index contributed by atoms with van der Waals surface area (Å²) in [6.45, 7) is -0.116. The summed E-state index contributed by atoms with van der Waals surface area (Å²) in [6, 6.07) is 17.5. The van der Waals surface area contributed by atoms with Crippen molar-refractivity contribution in [1.29, 1.82) is 0 Å². The highest BCUT2D eigenvalue weighted by Gasteiger charge is 2.29. The molecule has 0 saturated carbocycles. The van der Waals surface area contributed by atoms with Gasteiger partial charge in [-0.2, -0.15) is 0 Å². The van der Waals surface area contributed by atoms with E-state index in [1.54, 1.807) is 0 Å². The average Bonchev–Trinajstić information content (AvgIpc) is 3.46. The van der Waals surface area contributed by atoms with Gasteiger partial charge in [0.1, 0.15) is 13.2 Å². The molecule has 1 aromatic heterocycles. The Balaban J connectivity index is 1.32. The van der Waals surface area contributed by atoms with Gasteiger partial charge in [0, 0.05) is 25.6 Å². The van der Waals surface area contributed by atoms with Gasteiger partial charge in [0.15, 0.2) is 11.5 Å². The Bertz CT molecular complexity index is 1180. The van der Waals surface area contributed by atoms with Crippen LogP contribution in [0.25, 0.3) is 11.1 Å². The molecule has 0 spiro atoms. The molecule has 1 heterocycles. The van der Waals surface area contributed by atoms with E-state index in [1.807, 2.05) is 36.4 Å². The third-order valence-corrected chi connectivity index (χ3v) is 5.71. The Labute approximate surface area is 201 Å². The number of carbonyl (C=O) groups excluding carboxylic acids is 2. The molecule has 0 unspecified atom stereocenters. The summed E-state index contributed by atoms with van der Waals surface area (Å²) in [5.41, 5.74) is 4.43. The van der Waals surface area contributed by atoms with Crippen LogP contribution < -0.4 is 5.32 Å². The van der Waals surface area contributed by atoms with Gasteiger partial charge in [0.05, 0.1) is 13.2 Å². The molecule has 1 aliphatic carbocycles. The Morgan fingerprint density at radius 3 is 2.37 bits per heavy atom. The van der Waals surface area contributed by atoms with E-state index in [1.165, 1.54) is 13.2 Å². The normalized spacial score (nSPS) is 12.0. The van der Waals surface area contributed by atoms with E-state index in [0.29, 0.717) is 0 Å². The smallest absolute Gasteiger partial charge is 0.407 e. The first kappa shape index (κ1) is 24.0. The number of rotatable bonds is 10. The number of benzene rings is 2. The highest BCUT2D eigenvalue weighted by molar-refractivity contribution is 5.94. The molecule has 4 rings (SSSR count). The molecule has 10 heteroatoms. The second-order valence-electron chi connectivity index (χ2n) is 7.97. The largest absolute Gasteiger partial charge is 0.480 e. The molecule has 35 heavy (non-hydrogen) atoms. The molecular weight excluding hydrogens is 454 g/mol. The zero-order valence-corrected chi connectivity index (χ0v) is 19.1. The van der Waals surface area contributed by atoms with Crippen LogP contribution in [0.3, 0.4) is 0 Å². The second-order valence-corrected chi connectivity index (χ2v) is 7.97. The van der Waals surface area contributed by atoms with E-state index in [-0.39, 0.29) is 43.7 Å². The summed E-state index contributed by atoms with van der Waals surface area (Å²) >= 11 is 0. The van der Waals surface area contributed by atoms with Crippen molar-refractivity contribution in [3.05, 3.63) is 77.2 Å². The number of nitrogens with one attached hydrogen (secondary N) is 1. The minimum Gasteiger partial charge on any atom is -0.480 e. The number of nitrogens with zero attached hydrogens (tertiary/aromatic N) is 2. The molecule has 10 nitrogen and oxygen atoms in total. The molecule has 0 bridgehead atoms. The van der Waals surface area contributed by atoms with Gasteiger partial charge in [-0.3, -0.25) is 9.59 Å². The molecule has 182 valence electrons. The van der Waals surface area contributed by atoms with E-state index >= 15 is 0 Å². The van der Waals surface area contributed by atoms with Crippen LogP contribution in [0.5, 0.6) is 0 Å². The van der Waals surface area contributed by atoms with Gasteiger partial charge in [-0.05, 0) is 22.3 Å². The standard InChI is InChI=1S/C25H25N3O7/c1-33-11-10-28(14-23(29)30)24(31)22-12-16(35-27-22)13-26-25(32)34-15-21-19-8-4-2-6-17(19)18-7-3-5-9-20(18)21/h2-9,12,21H,10-11,13-15H2,1H3,(H,26,32)(H,29,30). The highest BCUT2D eigenvalue weighted by Crippen LogP contribution is 2.44. The summed E-state index contributed by atoms with van der Waals surface area (Å²) in [6.07, 6.45) is -0.635. The van der Waals surface area contributed by atoms with Crippen molar-refractivity contribution >= 4 is 18.0 Å². The minimum atomic E-state index is -1.16. The summed E-state index contributed by atoms with van der Waals surface area (Å²) in [7, 11) is 1.45. The zero-order valence-electron chi connectivity index (χ0n) is 19.1. The maximum absolute atomic E-state index is 12.6. The number of alkyl carbamates (subject to hydrolysis) is 1. The molecule has 0 radical (unpaired) electrons. The summed E-state index contributed by atoms with van der Waals surface area (Å²) < 4.78 is 15.5. The topological polar surface area (TPSA) is 131 Å². The molecule has 0 fully saturated rings. The van der Waals surface area contributed by atoms with Crippen LogP contribution in [0.15, 0.2) is 59.1 Å². The zero-order chi connectivity index (χ0) is 24.8. The highest BCUT2D eigenvalue weighted by atomic mass is 16.5. The number of ether oxygens (including phenoxy) is 2. The number of hydrogen-bond donors (Lipinski definition) is 2. The van der Waals surface area contributed by atoms with Crippen LogP contribution in [-0.2, 0) is 20.8 Å². The van der Waals surface area contributed by atoms with E-state index < -0.39 is 24.5 Å². The molecule has 0 atom stereocenters. The van der Waals surface area contributed by atoms with Gasteiger partial charge in [-0.15, -0.1) is 0 Å². The fourth-order valence-corrected chi connectivity index (χ4v) is 4.08. The molecular formula is C25H25N3O7. The number of carbonyl (C=O) groups is 3. The van der Waals surface area contributed by atoms with Crippen LogP contribution in [0, 0.1) is 0 Å². The number of hydrogen-bond acceptors (Lipinski definition) is 7. The average molecular weight is 479 g/mol. The lowest BCUT2D eigenvalue weighted by Gasteiger charge is -2.18. The van der Waals surface area contributed by atoms with Crippen molar-refractivity contribution in [1.82, 2.24) is 15.4 Å². The van der Waals surface area contributed by atoms with Crippen LogP contribution in [0.2, 0.25) is 0 Å². The van der Waals surface area contributed by atoms with Crippen LogP contribution in [0.4, 0.5) is 4.79 Å². The second kappa shape index (κ2) is 10.8. The molecule has 0 saturated heterocycles. The lowest BCUT2D eigenvalue weighted by molar-refractivity contribution is -0.137. The Hall–Kier alpha value is -4.18. The van der Waals surface area contributed by atoms with Gasteiger partial charge >= 0.3 is 12.1 Å². The van der Waals surface area contributed by atoms with Gasteiger partial charge in [0.2, 0.25) is 0 Å². The Morgan fingerprint density at radius 1 is 1.09 bits per heavy atom. The van der Waals surface area contributed by atoms with Crippen molar-refractivity contribution in [3.63, 3.8) is 0 Å². The predicted octanol–water partition coefficient (Wildman–Crippen LogP) is 2.89. The first-order valence-electron chi connectivity index (χ1n) is 11.0. The van der Waals surface area contributed by atoms with Crippen molar-refractivity contribution < 1.29 is 33.5 Å². The van der Waals surface area contributed by atoms with Crippen LogP contribution >= 0.6 is 0 Å². The number of fused-ring (bicyclic) bond motifs is 3. The van der Waals surface area contributed by atoms with Crippen LogP contribution in [0.1, 0.15) is 33.3 Å². The fourth-order valence-electron chi connectivity index (χ4n) is 4.08. The van der Waals surface area contributed by atoms with E-state index in [2.05, 4.69) is 22.6 Å². The SMILES string of the molecule is COCCN(CC(=O)O)C(=O)c1cc(CNC(=O)OCC2c3ccccc3-c3ccccc32)on1. The maximum Gasteiger partial charge on any atom is 0.407 e. The Morgan fingerprint density at radius 2 is 1.74 bits per heavy atom. The van der Waals surface area contributed by atoms with E-state index in [4.69, 9.17) is 19.1 Å². The molecule has 2 amide bonds. The molecule has 3 aromatic rings. The first-order chi connectivity index (χ1) is 17.0. The number of carboxylic acids is 1. The third-order valence-electron chi connectivity index (χ3n) is 5.71. The van der Waals surface area contributed by atoms with Crippen molar-refractivity contribution in [2.75, 3.05) is 33.4 Å². The lowest BCUT2D eigenvalue weighted by atomic mass is 9.98. The summed E-state index contributed by atoms with van der Waals surface area (Å²) in [5, 5.41) is 15.3. The number of aliphatic carboxylic acids is 1. The molecule has 2 N–H and O–H groups in total. The maximum atomic E-state index is 12.6. The van der Waals surface area contributed by atoms with Gasteiger partial charge in [-0.25, -0.2) is 4.79 Å². The first-order valence-corrected chi connectivity index (χ1v) is 11.0. The van der Waals surface area contributed by atoms with Crippen LogP contribution in [-0.4, -0.2) is 66.5 Å². The lowest BCUT2D eigenvalue weighted by Crippen LogP contribution is -2.38. The van der Waals surface area contributed by atoms with Crippen molar-refractivity contribution in [2.24, 2.45) is 0 Å². The monoisotopic (exact) mass is 479 g/mol. The summed E-state index contributed by atoms with van der Waals surface area (Å²) in [4.78, 5) is 37.0. The summed E-state index contributed by atoms with van der Waals surface area (Å²) in [5.74, 6) is -1.60. The minimum absolute atomic E-state index is 0.0477. The van der Waals surface area contributed by atoms with Crippen molar-refractivity contribution in [2.45, 2.75) is 12.5 Å². The Kier molecular flexibility index (Phi) is 7.41. The van der Waals surface area contributed by atoms with Crippen molar-refractivity contribution in [3.8, 4) is 11.1 Å².